The van der Waals surface area contributed by atoms with Crippen LogP contribution < -0.4 is 15.5 Å². The maximum absolute atomic E-state index is 12.0. The number of non-ortho nitro benzene ring substituents is 1. The molecule has 0 heterocycles. The SMILES string of the molecule is O=C(COc1ccc(/C=N\NC(=O)c2ccc(O)cc2)cc1)Nc1ccc([N+](=O)[O-])cc1. The lowest BCUT2D eigenvalue weighted by atomic mass is 10.2. The Morgan fingerprint density at radius 3 is 2.28 bits per heavy atom. The number of nitro benzene ring substituents is 1. The Morgan fingerprint density at radius 1 is 1.00 bits per heavy atom. The highest BCUT2D eigenvalue weighted by Gasteiger charge is 2.07. The van der Waals surface area contributed by atoms with Crippen LogP contribution in [0.25, 0.3) is 0 Å². The summed E-state index contributed by atoms with van der Waals surface area (Å²) in [7, 11) is 0. The van der Waals surface area contributed by atoms with Crippen LogP contribution in [0, 0.1) is 10.1 Å². The number of rotatable bonds is 8. The van der Waals surface area contributed by atoms with Crippen LogP contribution in [-0.4, -0.2) is 34.7 Å². The van der Waals surface area contributed by atoms with Crippen molar-refractivity contribution in [3.8, 4) is 11.5 Å². The number of nitrogens with one attached hydrogen (secondary N) is 2. The zero-order chi connectivity index (χ0) is 22.9. The van der Waals surface area contributed by atoms with Crippen molar-refractivity contribution in [2.75, 3.05) is 11.9 Å². The van der Waals surface area contributed by atoms with E-state index in [-0.39, 0.29) is 18.0 Å². The molecule has 3 aromatic rings. The van der Waals surface area contributed by atoms with Crippen LogP contribution in [0.5, 0.6) is 11.5 Å². The molecule has 0 saturated carbocycles. The number of benzene rings is 3. The highest BCUT2D eigenvalue weighted by Crippen LogP contribution is 2.16. The van der Waals surface area contributed by atoms with Gasteiger partial charge in [-0.25, -0.2) is 5.43 Å². The van der Waals surface area contributed by atoms with Crippen LogP contribution in [0.2, 0.25) is 0 Å². The van der Waals surface area contributed by atoms with Crippen LogP contribution >= 0.6 is 0 Å². The largest absolute Gasteiger partial charge is 0.508 e. The van der Waals surface area contributed by atoms with Crippen molar-refractivity contribution in [2.45, 2.75) is 0 Å². The Labute approximate surface area is 182 Å². The average molecular weight is 434 g/mol. The van der Waals surface area contributed by atoms with Gasteiger partial charge in [0.2, 0.25) is 0 Å². The number of hydrogen-bond donors (Lipinski definition) is 3. The van der Waals surface area contributed by atoms with E-state index in [2.05, 4.69) is 15.8 Å². The third-order valence-electron chi connectivity index (χ3n) is 4.12. The Morgan fingerprint density at radius 2 is 1.66 bits per heavy atom. The van der Waals surface area contributed by atoms with E-state index in [1.54, 1.807) is 24.3 Å². The van der Waals surface area contributed by atoms with Crippen molar-refractivity contribution >= 4 is 29.4 Å². The molecule has 3 rings (SSSR count). The molecule has 0 radical (unpaired) electrons. The topological polar surface area (TPSA) is 143 Å². The summed E-state index contributed by atoms with van der Waals surface area (Å²) in [5, 5.41) is 26.3. The number of hydrazone groups is 1. The Kier molecular flexibility index (Phi) is 7.10. The third kappa shape index (κ3) is 6.39. The smallest absolute Gasteiger partial charge is 0.271 e. The number of phenolic OH excluding ortho intramolecular Hbond substituents is 1. The highest BCUT2D eigenvalue weighted by atomic mass is 16.6. The molecule has 10 nitrogen and oxygen atoms in total. The fraction of sp³-hybridized carbons (Fsp3) is 0.0455. The Balaban J connectivity index is 1.45. The van der Waals surface area contributed by atoms with Gasteiger partial charge >= 0.3 is 0 Å². The fourth-order valence-electron chi connectivity index (χ4n) is 2.51. The fourth-order valence-corrected chi connectivity index (χ4v) is 2.51. The van der Waals surface area contributed by atoms with E-state index in [0.717, 1.165) is 0 Å². The van der Waals surface area contributed by atoms with E-state index in [0.29, 0.717) is 22.6 Å². The van der Waals surface area contributed by atoms with Crippen molar-refractivity contribution in [3.63, 3.8) is 0 Å². The second kappa shape index (κ2) is 10.3. The van der Waals surface area contributed by atoms with E-state index < -0.39 is 16.7 Å². The summed E-state index contributed by atoms with van der Waals surface area (Å²) in [4.78, 5) is 34.0. The number of amides is 2. The first-order chi connectivity index (χ1) is 15.4. The third-order valence-corrected chi connectivity index (χ3v) is 4.12. The van der Waals surface area contributed by atoms with E-state index in [1.807, 2.05) is 0 Å². The quantitative estimate of drug-likeness (QED) is 0.282. The molecule has 3 N–H and O–H groups in total. The first-order valence-electron chi connectivity index (χ1n) is 9.30. The highest BCUT2D eigenvalue weighted by molar-refractivity contribution is 5.95. The molecule has 0 aliphatic heterocycles. The summed E-state index contributed by atoms with van der Waals surface area (Å²) in [5.41, 5.74) is 3.79. The summed E-state index contributed by atoms with van der Waals surface area (Å²) in [6.07, 6.45) is 1.45. The molecule has 2 amide bonds. The maximum Gasteiger partial charge on any atom is 0.271 e. The molecule has 0 atom stereocenters. The number of anilines is 1. The standard InChI is InChI=1S/C22H18N4O6/c27-19-9-3-16(4-10-19)22(29)25-23-13-15-1-11-20(12-2-15)32-14-21(28)24-17-5-7-18(8-6-17)26(30)31/h1-13,27H,14H2,(H,24,28)(H,25,29)/b23-13-. The zero-order valence-corrected chi connectivity index (χ0v) is 16.6. The van der Waals surface area contributed by atoms with Gasteiger partial charge in [-0.05, 0) is 66.2 Å². The number of carbonyl (C=O) groups excluding carboxylic acids is 2. The van der Waals surface area contributed by atoms with Crippen LogP contribution in [-0.2, 0) is 4.79 Å². The first-order valence-corrected chi connectivity index (χ1v) is 9.30. The predicted molar refractivity (Wildman–Crippen MR) is 117 cm³/mol. The minimum Gasteiger partial charge on any atom is -0.508 e. The number of nitro groups is 1. The van der Waals surface area contributed by atoms with E-state index >= 15 is 0 Å². The summed E-state index contributed by atoms with van der Waals surface area (Å²) in [5.74, 6) is -0.313. The van der Waals surface area contributed by atoms with Crippen LogP contribution in [0.4, 0.5) is 11.4 Å². The van der Waals surface area contributed by atoms with Gasteiger partial charge in [0.25, 0.3) is 17.5 Å². The Hall–Kier alpha value is -4.73. The lowest BCUT2D eigenvalue weighted by Crippen LogP contribution is -2.20. The van der Waals surface area contributed by atoms with Gasteiger partial charge < -0.3 is 15.2 Å². The molecular weight excluding hydrogens is 416 g/mol. The van der Waals surface area contributed by atoms with Crippen molar-refractivity contribution in [1.29, 1.82) is 0 Å². The number of nitrogens with zero attached hydrogens (tertiary/aromatic N) is 2. The summed E-state index contributed by atoms with van der Waals surface area (Å²) < 4.78 is 5.41. The molecule has 0 fully saturated rings. The maximum atomic E-state index is 12.0. The van der Waals surface area contributed by atoms with E-state index in [9.17, 15) is 24.8 Å². The Bertz CT molecular complexity index is 1130. The number of carbonyl (C=O) groups is 2. The van der Waals surface area contributed by atoms with Crippen LogP contribution in [0.1, 0.15) is 15.9 Å². The van der Waals surface area contributed by atoms with Gasteiger partial charge in [0.1, 0.15) is 11.5 Å². The molecular formula is C22H18N4O6. The average Bonchev–Trinajstić information content (AvgIpc) is 2.79. The summed E-state index contributed by atoms with van der Waals surface area (Å²) in [6.45, 7) is -0.243. The van der Waals surface area contributed by atoms with Gasteiger partial charge in [0, 0.05) is 23.4 Å². The molecule has 0 aromatic heterocycles. The first kappa shape index (κ1) is 22.0. The molecule has 0 aliphatic rings. The number of phenols is 1. The van der Waals surface area contributed by atoms with Gasteiger partial charge in [-0.3, -0.25) is 19.7 Å². The van der Waals surface area contributed by atoms with Crippen LogP contribution in [0.15, 0.2) is 77.9 Å². The van der Waals surface area contributed by atoms with E-state index in [1.165, 1.54) is 54.7 Å². The normalized spacial score (nSPS) is 10.5. The number of ether oxygens (including phenoxy) is 1. The molecule has 32 heavy (non-hydrogen) atoms. The molecule has 0 bridgehead atoms. The van der Waals surface area contributed by atoms with Crippen molar-refractivity contribution in [1.82, 2.24) is 5.43 Å². The monoisotopic (exact) mass is 434 g/mol. The second-order valence-electron chi connectivity index (χ2n) is 6.46. The van der Waals surface area contributed by atoms with Gasteiger partial charge in [-0.15, -0.1) is 0 Å². The second-order valence-corrected chi connectivity index (χ2v) is 6.46. The predicted octanol–water partition coefficient (Wildman–Crippen LogP) is 3.08. The van der Waals surface area contributed by atoms with Gasteiger partial charge in [0.05, 0.1) is 11.1 Å². The van der Waals surface area contributed by atoms with E-state index in [4.69, 9.17) is 4.74 Å². The molecule has 10 heteroatoms. The summed E-state index contributed by atoms with van der Waals surface area (Å²) >= 11 is 0. The minimum absolute atomic E-state index is 0.0659. The van der Waals surface area contributed by atoms with Crippen molar-refractivity contribution < 1.29 is 24.4 Å². The lowest BCUT2D eigenvalue weighted by Gasteiger charge is -2.07. The van der Waals surface area contributed by atoms with Crippen molar-refractivity contribution in [2.24, 2.45) is 5.10 Å². The number of aromatic hydroxyl groups is 1. The molecule has 0 aliphatic carbocycles. The summed E-state index contributed by atoms with van der Waals surface area (Å²) in [6, 6.07) is 17.9. The molecule has 3 aromatic carbocycles. The molecule has 0 saturated heterocycles. The van der Waals surface area contributed by atoms with Gasteiger partial charge in [-0.1, -0.05) is 0 Å². The van der Waals surface area contributed by atoms with Gasteiger partial charge in [-0.2, -0.15) is 5.10 Å². The van der Waals surface area contributed by atoms with Gasteiger partial charge in [0.15, 0.2) is 6.61 Å². The van der Waals surface area contributed by atoms with Crippen LogP contribution in [0.3, 0.4) is 0 Å². The molecule has 0 spiro atoms. The minimum atomic E-state index is -0.521. The molecule has 0 unspecified atom stereocenters. The molecule has 162 valence electrons. The lowest BCUT2D eigenvalue weighted by molar-refractivity contribution is -0.384. The number of hydrogen-bond acceptors (Lipinski definition) is 7. The van der Waals surface area contributed by atoms with Crippen molar-refractivity contribution in [3.05, 3.63) is 94.0 Å². The zero-order valence-electron chi connectivity index (χ0n) is 16.6.